The van der Waals surface area contributed by atoms with Gasteiger partial charge in [-0.2, -0.15) is 26.3 Å². The van der Waals surface area contributed by atoms with E-state index >= 15 is 0 Å². The highest BCUT2D eigenvalue weighted by molar-refractivity contribution is 6.43. The topological polar surface area (TPSA) is 100 Å². The molecule has 258 valence electrons. The number of aliphatic hydroxyl groups excluding tert-OH is 1. The van der Waals surface area contributed by atoms with Crippen LogP contribution in [0.15, 0.2) is 76.2 Å². The van der Waals surface area contributed by atoms with Crippen molar-refractivity contribution < 1.29 is 55.1 Å². The van der Waals surface area contributed by atoms with Gasteiger partial charge >= 0.3 is 19.5 Å². The molecule has 0 saturated carbocycles. The van der Waals surface area contributed by atoms with E-state index in [0.29, 0.717) is 47.8 Å². The van der Waals surface area contributed by atoms with Crippen LogP contribution in [0.2, 0.25) is 6.32 Å². The number of furan rings is 1. The summed E-state index contributed by atoms with van der Waals surface area (Å²) in [5, 5.41) is 20.3. The third-order valence-corrected chi connectivity index (χ3v) is 9.54. The Morgan fingerprint density at radius 2 is 1.63 bits per heavy atom. The van der Waals surface area contributed by atoms with E-state index in [-0.39, 0.29) is 25.4 Å². The van der Waals surface area contributed by atoms with Crippen molar-refractivity contribution in [3.8, 4) is 0 Å². The van der Waals surface area contributed by atoms with Gasteiger partial charge < -0.3 is 19.2 Å². The summed E-state index contributed by atoms with van der Waals surface area (Å²) in [5.41, 5.74) is -0.790. The first-order valence-corrected chi connectivity index (χ1v) is 15.9. The van der Waals surface area contributed by atoms with Gasteiger partial charge in [-0.05, 0) is 91.0 Å². The minimum absolute atomic E-state index is 0.0502. The maximum Gasteiger partial charge on any atom is 0.455 e. The maximum atomic E-state index is 14.0. The molecule has 2 N–H and O–H groups in total. The van der Waals surface area contributed by atoms with Gasteiger partial charge in [0.05, 0.1) is 34.8 Å². The summed E-state index contributed by atoms with van der Waals surface area (Å²) in [5.74, 6) is -3.73. The van der Waals surface area contributed by atoms with Crippen molar-refractivity contribution in [2.75, 3.05) is 4.90 Å². The Kier molecular flexibility index (Phi) is 9.42. The van der Waals surface area contributed by atoms with Gasteiger partial charge in [0.1, 0.15) is 18.1 Å². The van der Waals surface area contributed by atoms with Gasteiger partial charge in [-0.25, -0.2) is 4.90 Å². The van der Waals surface area contributed by atoms with Gasteiger partial charge in [-0.3, -0.25) is 9.59 Å². The molecule has 14 heteroatoms. The van der Waals surface area contributed by atoms with Crippen molar-refractivity contribution in [3.05, 3.63) is 100 Å². The van der Waals surface area contributed by atoms with Gasteiger partial charge in [-0.15, -0.1) is 0 Å². The number of imide groups is 1. The van der Waals surface area contributed by atoms with Crippen LogP contribution in [-0.4, -0.2) is 35.2 Å². The fraction of sp³-hybridized carbons (Fsp3) is 0.371. The van der Waals surface area contributed by atoms with Crippen LogP contribution in [0.3, 0.4) is 0 Å². The van der Waals surface area contributed by atoms with E-state index in [4.69, 9.17) is 9.07 Å². The molecule has 2 amide bonds. The first-order valence-electron chi connectivity index (χ1n) is 15.9. The molecule has 0 bridgehead atoms. The SMILES string of the molecule is CCC1=C2[C@@H](CC/C(=C/c3ccc(CO)o3)c3ccccc3)OB(O)C[C@@H]2[C@@H]2C(=O)N(c3cc(C(F)(F)F)cc(C(F)(F)F)c3)C(=O)[C@@H]2C1. The van der Waals surface area contributed by atoms with Crippen LogP contribution >= 0.6 is 0 Å². The fourth-order valence-electron chi connectivity index (χ4n) is 7.39. The lowest BCUT2D eigenvalue weighted by atomic mass is 9.58. The Labute approximate surface area is 278 Å². The number of hydrogen-bond acceptors (Lipinski definition) is 6. The zero-order chi connectivity index (χ0) is 35.2. The van der Waals surface area contributed by atoms with Crippen molar-refractivity contribution in [3.63, 3.8) is 0 Å². The van der Waals surface area contributed by atoms with Crippen molar-refractivity contribution in [2.45, 2.75) is 64.0 Å². The lowest BCUT2D eigenvalue weighted by Gasteiger charge is -2.43. The Balaban J connectivity index is 1.33. The second-order valence-corrected chi connectivity index (χ2v) is 12.5. The van der Waals surface area contributed by atoms with E-state index in [2.05, 4.69) is 0 Å². The number of nitrogens with zero attached hydrogens (tertiary/aromatic N) is 1. The van der Waals surface area contributed by atoms with E-state index in [0.717, 1.165) is 22.3 Å². The number of carbonyl (C=O) groups is 2. The number of aliphatic hydroxyl groups is 1. The third-order valence-electron chi connectivity index (χ3n) is 9.54. The summed E-state index contributed by atoms with van der Waals surface area (Å²) in [6.45, 7) is 1.59. The summed E-state index contributed by atoms with van der Waals surface area (Å²) in [4.78, 5) is 28.2. The molecule has 6 rings (SSSR count). The Morgan fingerprint density at radius 1 is 0.959 bits per heavy atom. The molecule has 49 heavy (non-hydrogen) atoms. The lowest BCUT2D eigenvalue weighted by Crippen LogP contribution is -2.46. The molecule has 2 aromatic carbocycles. The van der Waals surface area contributed by atoms with Crippen molar-refractivity contribution in [2.24, 2.45) is 17.8 Å². The first kappa shape index (κ1) is 34.7. The van der Waals surface area contributed by atoms with Crippen LogP contribution in [0.5, 0.6) is 0 Å². The fourth-order valence-corrected chi connectivity index (χ4v) is 7.39. The van der Waals surface area contributed by atoms with Crippen molar-refractivity contribution in [1.29, 1.82) is 0 Å². The van der Waals surface area contributed by atoms with Crippen LogP contribution < -0.4 is 4.90 Å². The molecular formula is C35H32BF6NO6. The molecule has 0 unspecified atom stereocenters. The summed E-state index contributed by atoms with van der Waals surface area (Å²) in [6, 6.07) is 13.5. The maximum absolute atomic E-state index is 14.0. The minimum atomic E-state index is -5.16. The quantitative estimate of drug-likeness (QED) is 0.110. The predicted octanol–water partition coefficient (Wildman–Crippen LogP) is 7.54. The highest BCUT2D eigenvalue weighted by Crippen LogP contribution is 2.52. The number of amides is 2. The molecule has 3 aromatic rings. The minimum Gasteiger partial charge on any atom is -0.459 e. The lowest BCUT2D eigenvalue weighted by molar-refractivity contribution is -0.143. The number of allylic oxidation sites excluding steroid dienone is 2. The van der Waals surface area contributed by atoms with Gasteiger partial charge in [0.25, 0.3) is 0 Å². The molecule has 2 aliphatic heterocycles. The summed E-state index contributed by atoms with van der Waals surface area (Å²) in [7, 11) is -1.33. The number of benzene rings is 2. The molecule has 3 aliphatic rings. The largest absolute Gasteiger partial charge is 0.459 e. The molecule has 4 atom stereocenters. The van der Waals surface area contributed by atoms with Crippen LogP contribution in [0, 0.1) is 17.8 Å². The molecule has 0 spiro atoms. The van der Waals surface area contributed by atoms with Gasteiger partial charge in [0.2, 0.25) is 11.8 Å². The standard InChI is InChI=1S/C35H32BF6NO6/c1-2-19-13-27-31(33(46)43(32(27)45)24-15-22(34(37,38)39)14-23(16-24)35(40,41)42)28-17-36(47)49-29(30(19)28)11-8-21(20-6-4-3-5-7-20)12-25-9-10-26(18-44)48-25/h3-7,9-10,12,14-16,27-29,31,44,47H,2,8,11,13,17-18H2,1H3/b21-12-/t27-,28+,29-,31-/m1/s1. The number of alkyl halides is 6. The zero-order valence-corrected chi connectivity index (χ0v) is 26.2. The van der Waals surface area contributed by atoms with E-state index in [1.54, 1.807) is 12.1 Å². The normalized spacial score (nSPS) is 23.3. The molecular weight excluding hydrogens is 655 g/mol. The Morgan fingerprint density at radius 3 is 2.22 bits per heavy atom. The molecule has 1 aliphatic carbocycles. The highest BCUT2D eigenvalue weighted by Gasteiger charge is 2.58. The van der Waals surface area contributed by atoms with Crippen molar-refractivity contribution >= 4 is 36.3 Å². The molecule has 2 saturated heterocycles. The summed E-state index contributed by atoms with van der Waals surface area (Å²) in [6.07, 6.45) is -7.98. The van der Waals surface area contributed by atoms with Crippen LogP contribution in [0.1, 0.15) is 60.8 Å². The van der Waals surface area contributed by atoms with Crippen LogP contribution in [0.4, 0.5) is 32.0 Å². The predicted molar refractivity (Wildman–Crippen MR) is 167 cm³/mol. The third kappa shape index (κ3) is 6.86. The molecule has 1 aromatic heterocycles. The monoisotopic (exact) mass is 687 g/mol. The van der Waals surface area contributed by atoms with E-state index in [1.807, 2.05) is 43.3 Å². The average molecular weight is 687 g/mol. The number of carbonyl (C=O) groups excluding carboxylic acids is 2. The molecule has 0 radical (unpaired) electrons. The number of rotatable bonds is 8. The van der Waals surface area contributed by atoms with E-state index in [1.165, 1.54) is 0 Å². The summed E-state index contributed by atoms with van der Waals surface area (Å²) >= 11 is 0. The second kappa shape index (κ2) is 13.3. The number of anilines is 1. The number of halogens is 6. The first-order chi connectivity index (χ1) is 23.2. The smallest absolute Gasteiger partial charge is 0.455 e. The van der Waals surface area contributed by atoms with Gasteiger partial charge in [0, 0.05) is 0 Å². The zero-order valence-electron chi connectivity index (χ0n) is 26.2. The van der Waals surface area contributed by atoms with Gasteiger partial charge in [-0.1, -0.05) is 42.8 Å². The number of fused-ring (bicyclic) bond motifs is 3. The van der Waals surface area contributed by atoms with E-state index < -0.39 is 72.0 Å². The summed E-state index contributed by atoms with van der Waals surface area (Å²) < 4.78 is 93.7. The molecule has 2 fully saturated rings. The van der Waals surface area contributed by atoms with E-state index in [9.17, 15) is 46.1 Å². The van der Waals surface area contributed by atoms with Gasteiger partial charge in [0.15, 0.2) is 0 Å². The second-order valence-electron chi connectivity index (χ2n) is 12.5. The molecule has 7 nitrogen and oxygen atoms in total. The Bertz CT molecular complexity index is 1770. The highest BCUT2D eigenvalue weighted by atomic mass is 19.4. The number of hydrogen-bond donors (Lipinski definition) is 2. The average Bonchev–Trinajstić information content (AvgIpc) is 3.62. The van der Waals surface area contributed by atoms with Crippen molar-refractivity contribution in [1.82, 2.24) is 0 Å². The van der Waals surface area contributed by atoms with Crippen LogP contribution in [-0.2, 0) is 33.2 Å². The molecule has 3 heterocycles. The van der Waals surface area contributed by atoms with Crippen LogP contribution in [0.25, 0.3) is 11.6 Å². The Hall–Kier alpha value is -4.14.